The van der Waals surface area contributed by atoms with Crippen LogP contribution >= 0.6 is 0 Å². The van der Waals surface area contributed by atoms with Gasteiger partial charge < -0.3 is 4.74 Å². The molecule has 2 aliphatic carbocycles. The summed E-state index contributed by atoms with van der Waals surface area (Å²) in [4.78, 5) is 11.6. The van der Waals surface area contributed by atoms with E-state index in [9.17, 15) is 4.79 Å². The molecule has 0 saturated heterocycles. The Morgan fingerprint density at radius 3 is 2.40 bits per heavy atom. The minimum absolute atomic E-state index is 0.0764. The molecule has 2 heteroatoms. The van der Waals surface area contributed by atoms with Crippen molar-refractivity contribution in [3.63, 3.8) is 0 Å². The summed E-state index contributed by atoms with van der Waals surface area (Å²) in [6.07, 6.45) is 7.18. The third-order valence-corrected chi connectivity index (χ3v) is 3.79. The van der Waals surface area contributed by atoms with Crippen LogP contribution in [-0.4, -0.2) is 12.1 Å². The Bertz CT molecular complexity index is 231. The molecule has 86 valence electrons. The zero-order chi connectivity index (χ0) is 10.8. The van der Waals surface area contributed by atoms with Crippen LogP contribution in [-0.2, 0) is 9.53 Å². The van der Waals surface area contributed by atoms with Crippen molar-refractivity contribution in [3.05, 3.63) is 0 Å². The molecule has 0 radical (unpaired) electrons. The summed E-state index contributed by atoms with van der Waals surface area (Å²) in [6.45, 7) is 4.49. The van der Waals surface area contributed by atoms with E-state index in [1.807, 2.05) is 0 Å². The summed E-state index contributed by atoms with van der Waals surface area (Å²) in [7, 11) is 0. The van der Waals surface area contributed by atoms with Gasteiger partial charge >= 0.3 is 5.97 Å². The van der Waals surface area contributed by atoms with E-state index in [4.69, 9.17) is 4.74 Å². The van der Waals surface area contributed by atoms with Gasteiger partial charge in [0.15, 0.2) is 0 Å². The molecule has 2 saturated carbocycles. The van der Waals surface area contributed by atoms with Crippen LogP contribution in [0.1, 0.15) is 52.4 Å². The largest absolute Gasteiger partial charge is 0.462 e. The molecule has 2 fully saturated rings. The van der Waals surface area contributed by atoms with Crippen molar-refractivity contribution >= 4 is 5.97 Å². The van der Waals surface area contributed by atoms with Gasteiger partial charge in [0.1, 0.15) is 6.10 Å². The first kappa shape index (κ1) is 11.0. The Hall–Kier alpha value is -0.530. The van der Waals surface area contributed by atoms with Gasteiger partial charge in [-0.25, -0.2) is 0 Å². The molecule has 0 heterocycles. The normalized spacial score (nSPS) is 31.7. The molecule has 15 heavy (non-hydrogen) atoms. The Morgan fingerprint density at radius 2 is 1.80 bits per heavy atom. The van der Waals surface area contributed by atoms with E-state index in [0.717, 1.165) is 19.3 Å². The Labute approximate surface area is 92.4 Å². The van der Waals surface area contributed by atoms with Crippen LogP contribution in [0.3, 0.4) is 0 Å². The molecule has 0 aromatic carbocycles. The van der Waals surface area contributed by atoms with Crippen molar-refractivity contribution in [1.82, 2.24) is 0 Å². The predicted octanol–water partition coefficient (Wildman–Crippen LogP) is 3.15. The van der Waals surface area contributed by atoms with Crippen LogP contribution in [0, 0.1) is 17.8 Å². The molecule has 0 amide bonds. The average molecular weight is 210 g/mol. The maximum absolute atomic E-state index is 11.6. The molecular formula is C13H22O2. The van der Waals surface area contributed by atoms with Crippen LogP contribution in [0.2, 0.25) is 0 Å². The smallest absolute Gasteiger partial charge is 0.309 e. The molecule has 1 unspecified atom stereocenters. The first-order chi connectivity index (χ1) is 7.18. The fourth-order valence-corrected chi connectivity index (χ4v) is 2.60. The number of ether oxygens (including phenoxy) is 1. The maximum atomic E-state index is 11.6. The quantitative estimate of drug-likeness (QED) is 0.669. The third-order valence-electron chi connectivity index (χ3n) is 3.79. The zero-order valence-corrected chi connectivity index (χ0v) is 9.87. The van der Waals surface area contributed by atoms with Crippen molar-refractivity contribution < 1.29 is 9.53 Å². The minimum atomic E-state index is 0.0764. The number of carbonyl (C=O) groups is 1. The standard InChI is InChI=1S/C13H22O2/c1-9(2)11-5-3-4-6-12(11)15-13(14)10-7-8-10/h9-12H,3-8H2,1-2H3/t11?,12-/m1/s1. The van der Waals surface area contributed by atoms with Crippen LogP contribution in [0.25, 0.3) is 0 Å². The number of esters is 1. The van der Waals surface area contributed by atoms with E-state index in [2.05, 4.69) is 13.8 Å². The topological polar surface area (TPSA) is 26.3 Å². The monoisotopic (exact) mass is 210 g/mol. The van der Waals surface area contributed by atoms with Gasteiger partial charge in [0.05, 0.1) is 5.92 Å². The van der Waals surface area contributed by atoms with Gasteiger partial charge in [0.25, 0.3) is 0 Å². The van der Waals surface area contributed by atoms with Gasteiger partial charge in [0, 0.05) is 0 Å². The van der Waals surface area contributed by atoms with Gasteiger partial charge in [-0.3, -0.25) is 4.79 Å². The van der Waals surface area contributed by atoms with Crippen molar-refractivity contribution in [3.8, 4) is 0 Å². The molecule has 0 aromatic rings. The number of hydrogen-bond donors (Lipinski definition) is 0. The lowest BCUT2D eigenvalue weighted by molar-refractivity contribution is -0.156. The first-order valence-electron chi connectivity index (χ1n) is 6.39. The van der Waals surface area contributed by atoms with E-state index in [1.54, 1.807) is 0 Å². The average Bonchev–Trinajstić information content (AvgIpc) is 3.01. The van der Waals surface area contributed by atoms with Crippen molar-refractivity contribution in [1.29, 1.82) is 0 Å². The summed E-state index contributed by atoms with van der Waals surface area (Å²) in [5.74, 6) is 1.57. The highest BCUT2D eigenvalue weighted by Gasteiger charge is 2.36. The highest BCUT2D eigenvalue weighted by atomic mass is 16.5. The lowest BCUT2D eigenvalue weighted by Crippen LogP contribution is -2.33. The van der Waals surface area contributed by atoms with E-state index in [-0.39, 0.29) is 18.0 Å². The predicted molar refractivity (Wildman–Crippen MR) is 59.4 cm³/mol. The molecule has 0 aliphatic heterocycles. The summed E-state index contributed by atoms with van der Waals surface area (Å²) in [5, 5.41) is 0. The van der Waals surface area contributed by atoms with Crippen molar-refractivity contribution in [2.45, 2.75) is 58.5 Å². The molecule has 0 spiro atoms. The molecule has 0 aromatic heterocycles. The van der Waals surface area contributed by atoms with Gasteiger partial charge in [0.2, 0.25) is 0 Å². The van der Waals surface area contributed by atoms with Crippen LogP contribution < -0.4 is 0 Å². The minimum Gasteiger partial charge on any atom is -0.462 e. The van der Waals surface area contributed by atoms with E-state index in [1.165, 1.54) is 19.3 Å². The van der Waals surface area contributed by atoms with Gasteiger partial charge in [-0.15, -0.1) is 0 Å². The Morgan fingerprint density at radius 1 is 1.13 bits per heavy atom. The Kier molecular flexibility index (Phi) is 3.32. The van der Waals surface area contributed by atoms with Crippen LogP contribution in [0.15, 0.2) is 0 Å². The number of hydrogen-bond acceptors (Lipinski definition) is 2. The molecule has 2 nitrogen and oxygen atoms in total. The molecule has 2 rings (SSSR count). The van der Waals surface area contributed by atoms with E-state index >= 15 is 0 Å². The lowest BCUT2D eigenvalue weighted by atomic mass is 9.79. The Balaban J connectivity index is 1.88. The summed E-state index contributed by atoms with van der Waals surface area (Å²) in [6, 6.07) is 0. The highest BCUT2D eigenvalue weighted by molar-refractivity contribution is 5.75. The fraction of sp³-hybridized carbons (Fsp3) is 0.923. The third kappa shape index (κ3) is 2.73. The molecule has 0 N–H and O–H groups in total. The second-order valence-electron chi connectivity index (χ2n) is 5.44. The van der Waals surface area contributed by atoms with E-state index in [0.29, 0.717) is 11.8 Å². The van der Waals surface area contributed by atoms with Crippen LogP contribution in [0.5, 0.6) is 0 Å². The molecule has 2 atom stereocenters. The maximum Gasteiger partial charge on any atom is 0.309 e. The van der Waals surface area contributed by atoms with Crippen molar-refractivity contribution in [2.24, 2.45) is 17.8 Å². The molecular weight excluding hydrogens is 188 g/mol. The summed E-state index contributed by atoms with van der Waals surface area (Å²) >= 11 is 0. The van der Waals surface area contributed by atoms with Crippen LogP contribution in [0.4, 0.5) is 0 Å². The van der Waals surface area contributed by atoms with Gasteiger partial charge in [-0.1, -0.05) is 20.3 Å². The van der Waals surface area contributed by atoms with Crippen molar-refractivity contribution in [2.75, 3.05) is 0 Å². The summed E-state index contributed by atoms with van der Waals surface area (Å²) in [5.41, 5.74) is 0. The lowest BCUT2D eigenvalue weighted by Gasteiger charge is -2.33. The zero-order valence-electron chi connectivity index (χ0n) is 9.87. The highest BCUT2D eigenvalue weighted by Crippen LogP contribution is 2.36. The molecule has 2 aliphatic rings. The molecule has 0 bridgehead atoms. The number of carbonyl (C=O) groups excluding carboxylic acids is 1. The summed E-state index contributed by atoms with van der Waals surface area (Å²) < 4.78 is 5.65. The van der Waals surface area contributed by atoms with Gasteiger partial charge in [-0.05, 0) is 43.9 Å². The number of rotatable bonds is 3. The van der Waals surface area contributed by atoms with E-state index < -0.39 is 0 Å². The second kappa shape index (κ2) is 4.54. The fourth-order valence-electron chi connectivity index (χ4n) is 2.60. The SMILES string of the molecule is CC(C)C1CCCC[C@H]1OC(=O)C1CC1. The second-order valence-corrected chi connectivity index (χ2v) is 5.44. The first-order valence-corrected chi connectivity index (χ1v) is 6.39. The van der Waals surface area contributed by atoms with Gasteiger partial charge in [-0.2, -0.15) is 0 Å².